The molecule has 0 saturated carbocycles. The van der Waals surface area contributed by atoms with Crippen LogP contribution in [0.1, 0.15) is 5.69 Å². The standard InChI is InChI=1S/C6H6N4O/c1-11-6-8-4-5(2-3-7)9-10-6/h4H,2H2,1H3. The van der Waals surface area contributed by atoms with Gasteiger partial charge in [-0.1, -0.05) is 5.10 Å². The van der Waals surface area contributed by atoms with E-state index < -0.39 is 0 Å². The fourth-order valence-corrected chi connectivity index (χ4v) is 0.544. The molecule has 0 fully saturated rings. The largest absolute Gasteiger partial charge is 0.466 e. The predicted molar refractivity (Wildman–Crippen MR) is 35.7 cm³/mol. The van der Waals surface area contributed by atoms with Gasteiger partial charge in [0.2, 0.25) is 0 Å². The Balaban J connectivity index is 2.76. The van der Waals surface area contributed by atoms with Crippen molar-refractivity contribution in [1.82, 2.24) is 15.2 Å². The van der Waals surface area contributed by atoms with Gasteiger partial charge in [0, 0.05) is 0 Å². The van der Waals surface area contributed by atoms with E-state index in [0.29, 0.717) is 5.69 Å². The Morgan fingerprint density at radius 2 is 2.45 bits per heavy atom. The Hall–Kier alpha value is -1.70. The Kier molecular flexibility index (Phi) is 2.33. The molecule has 5 nitrogen and oxygen atoms in total. The molecule has 1 heterocycles. The molecule has 0 spiro atoms. The Morgan fingerprint density at radius 3 is 2.91 bits per heavy atom. The molecule has 11 heavy (non-hydrogen) atoms. The molecule has 0 aliphatic rings. The van der Waals surface area contributed by atoms with Crippen molar-refractivity contribution in [3.05, 3.63) is 11.9 Å². The first-order valence-corrected chi connectivity index (χ1v) is 2.96. The van der Waals surface area contributed by atoms with Crippen LogP contribution < -0.4 is 4.74 Å². The maximum Gasteiger partial charge on any atom is 0.335 e. The molecule has 0 unspecified atom stereocenters. The van der Waals surface area contributed by atoms with E-state index in [9.17, 15) is 0 Å². The fourth-order valence-electron chi connectivity index (χ4n) is 0.544. The van der Waals surface area contributed by atoms with Crippen molar-refractivity contribution in [3.8, 4) is 12.1 Å². The molecule has 0 N–H and O–H groups in total. The maximum absolute atomic E-state index is 8.27. The molecule has 0 bridgehead atoms. The Bertz CT molecular complexity index is 263. The molecular weight excluding hydrogens is 144 g/mol. The van der Waals surface area contributed by atoms with E-state index in [4.69, 9.17) is 5.26 Å². The Morgan fingerprint density at radius 1 is 1.64 bits per heavy atom. The zero-order valence-electron chi connectivity index (χ0n) is 5.98. The topological polar surface area (TPSA) is 71.7 Å². The second-order valence-electron chi connectivity index (χ2n) is 1.77. The van der Waals surface area contributed by atoms with Crippen LogP contribution in [-0.2, 0) is 6.42 Å². The van der Waals surface area contributed by atoms with Gasteiger partial charge in [0.05, 0.1) is 31.5 Å². The van der Waals surface area contributed by atoms with E-state index in [1.165, 1.54) is 13.3 Å². The first-order valence-electron chi connectivity index (χ1n) is 2.96. The van der Waals surface area contributed by atoms with E-state index in [0.717, 1.165) is 0 Å². The molecule has 0 aliphatic carbocycles. The van der Waals surface area contributed by atoms with Crippen LogP contribution >= 0.6 is 0 Å². The fraction of sp³-hybridized carbons (Fsp3) is 0.333. The van der Waals surface area contributed by atoms with Gasteiger partial charge in [-0.25, -0.2) is 4.98 Å². The van der Waals surface area contributed by atoms with Gasteiger partial charge < -0.3 is 4.74 Å². The van der Waals surface area contributed by atoms with Crippen LogP contribution in [0.4, 0.5) is 0 Å². The third-order valence-electron chi connectivity index (χ3n) is 1.03. The minimum absolute atomic E-state index is 0.215. The quantitative estimate of drug-likeness (QED) is 0.590. The molecular formula is C6H6N4O. The van der Waals surface area contributed by atoms with Crippen molar-refractivity contribution >= 4 is 0 Å². The average molecular weight is 150 g/mol. The normalized spacial score (nSPS) is 8.73. The van der Waals surface area contributed by atoms with Gasteiger partial charge in [0.25, 0.3) is 0 Å². The first-order chi connectivity index (χ1) is 5.36. The lowest BCUT2D eigenvalue weighted by molar-refractivity contribution is 0.372. The van der Waals surface area contributed by atoms with Gasteiger partial charge in [-0.15, -0.1) is 5.10 Å². The summed E-state index contributed by atoms with van der Waals surface area (Å²) in [4.78, 5) is 3.77. The van der Waals surface area contributed by atoms with Gasteiger partial charge in [-0.2, -0.15) is 5.26 Å². The second kappa shape index (κ2) is 3.46. The van der Waals surface area contributed by atoms with Gasteiger partial charge in [-0.05, 0) is 0 Å². The highest BCUT2D eigenvalue weighted by atomic mass is 16.5. The summed E-state index contributed by atoms with van der Waals surface area (Å²) in [6.45, 7) is 0. The molecule has 56 valence electrons. The molecule has 0 aliphatic heterocycles. The van der Waals surface area contributed by atoms with Crippen molar-refractivity contribution in [3.63, 3.8) is 0 Å². The van der Waals surface area contributed by atoms with E-state index >= 15 is 0 Å². The molecule has 0 atom stereocenters. The molecule has 0 radical (unpaired) electrons. The van der Waals surface area contributed by atoms with Gasteiger partial charge in [0.1, 0.15) is 0 Å². The number of ether oxygens (including phenoxy) is 1. The number of rotatable bonds is 2. The molecule has 1 aromatic rings. The lowest BCUT2D eigenvalue weighted by atomic mass is 10.4. The summed E-state index contributed by atoms with van der Waals surface area (Å²) in [6, 6.07) is 2.15. The van der Waals surface area contributed by atoms with Gasteiger partial charge in [0.15, 0.2) is 0 Å². The van der Waals surface area contributed by atoms with Crippen molar-refractivity contribution in [1.29, 1.82) is 5.26 Å². The highest BCUT2D eigenvalue weighted by Gasteiger charge is 1.96. The smallest absolute Gasteiger partial charge is 0.335 e. The van der Waals surface area contributed by atoms with Crippen LogP contribution in [0.15, 0.2) is 6.20 Å². The van der Waals surface area contributed by atoms with Crippen LogP contribution in [0.3, 0.4) is 0 Å². The van der Waals surface area contributed by atoms with Crippen molar-refractivity contribution < 1.29 is 4.74 Å². The predicted octanol–water partition coefficient (Wildman–Crippen LogP) is -0.0537. The summed E-state index contributed by atoms with van der Waals surface area (Å²) in [5.41, 5.74) is 0.549. The lowest BCUT2D eigenvalue weighted by Gasteiger charge is -1.94. The SMILES string of the molecule is COc1ncc(CC#N)nn1. The summed E-state index contributed by atoms with van der Waals surface area (Å²) in [5, 5.41) is 15.5. The summed E-state index contributed by atoms with van der Waals surface area (Å²) in [6.07, 6.45) is 1.69. The third kappa shape index (κ3) is 1.86. The first kappa shape index (κ1) is 7.41. The highest BCUT2D eigenvalue weighted by Crippen LogP contribution is 1.97. The van der Waals surface area contributed by atoms with Gasteiger partial charge in [-0.3, -0.25) is 0 Å². The number of nitriles is 1. The summed E-state index contributed by atoms with van der Waals surface area (Å²) >= 11 is 0. The molecule has 0 saturated heterocycles. The van der Waals surface area contributed by atoms with Crippen LogP contribution in [0.25, 0.3) is 0 Å². The van der Waals surface area contributed by atoms with Crippen LogP contribution in [0.2, 0.25) is 0 Å². The van der Waals surface area contributed by atoms with Crippen LogP contribution in [0.5, 0.6) is 6.01 Å². The average Bonchev–Trinajstić information content (AvgIpc) is 2.07. The van der Waals surface area contributed by atoms with E-state index in [2.05, 4.69) is 19.9 Å². The van der Waals surface area contributed by atoms with Gasteiger partial charge >= 0.3 is 6.01 Å². The number of aromatic nitrogens is 3. The molecule has 1 rings (SSSR count). The highest BCUT2D eigenvalue weighted by molar-refractivity contribution is 5.02. The number of hydrogen-bond acceptors (Lipinski definition) is 5. The van der Waals surface area contributed by atoms with Crippen molar-refractivity contribution in [2.24, 2.45) is 0 Å². The molecule has 1 aromatic heterocycles. The van der Waals surface area contributed by atoms with E-state index in [-0.39, 0.29) is 12.4 Å². The van der Waals surface area contributed by atoms with Crippen molar-refractivity contribution in [2.45, 2.75) is 6.42 Å². The van der Waals surface area contributed by atoms with E-state index in [1.807, 2.05) is 6.07 Å². The zero-order valence-corrected chi connectivity index (χ0v) is 5.98. The molecule has 0 aromatic carbocycles. The van der Waals surface area contributed by atoms with E-state index in [1.54, 1.807) is 0 Å². The molecule has 0 amide bonds. The minimum Gasteiger partial charge on any atom is -0.466 e. The van der Waals surface area contributed by atoms with Crippen LogP contribution in [-0.4, -0.2) is 22.3 Å². The molecule has 5 heteroatoms. The third-order valence-corrected chi connectivity index (χ3v) is 1.03. The van der Waals surface area contributed by atoms with Crippen LogP contribution in [0, 0.1) is 11.3 Å². The minimum atomic E-state index is 0.215. The summed E-state index contributed by atoms with van der Waals surface area (Å²) < 4.78 is 4.68. The lowest BCUT2D eigenvalue weighted by Crippen LogP contribution is -1.97. The monoisotopic (exact) mass is 150 g/mol. The van der Waals surface area contributed by atoms with Crippen molar-refractivity contribution in [2.75, 3.05) is 7.11 Å². The Labute approximate surface area is 63.7 Å². The number of nitrogens with zero attached hydrogens (tertiary/aromatic N) is 4. The second-order valence-corrected chi connectivity index (χ2v) is 1.77. The zero-order chi connectivity index (χ0) is 8.10. The number of hydrogen-bond donors (Lipinski definition) is 0. The summed E-state index contributed by atoms with van der Waals surface area (Å²) in [5.74, 6) is 0. The maximum atomic E-state index is 8.27. The summed E-state index contributed by atoms with van der Waals surface area (Å²) in [7, 11) is 1.46. The number of methoxy groups -OCH3 is 1.